The molecule has 7 heteroatoms. The summed E-state index contributed by atoms with van der Waals surface area (Å²) in [5.41, 5.74) is 0. The predicted molar refractivity (Wildman–Crippen MR) is 77.6 cm³/mol. The van der Waals surface area contributed by atoms with Crippen LogP contribution in [-0.4, -0.2) is 55.6 Å². The van der Waals surface area contributed by atoms with E-state index >= 15 is 0 Å². The molecule has 1 aliphatic rings. The van der Waals surface area contributed by atoms with Gasteiger partial charge in [-0.2, -0.15) is 0 Å². The van der Waals surface area contributed by atoms with Crippen molar-refractivity contribution in [3.8, 4) is 0 Å². The topological polar surface area (TPSA) is 87.7 Å². The number of imide groups is 1. The zero-order valence-corrected chi connectivity index (χ0v) is 13.0. The van der Waals surface area contributed by atoms with Crippen molar-refractivity contribution >= 4 is 17.9 Å². The molecule has 0 aromatic rings. The largest absolute Gasteiger partial charge is 0.469 e. The average molecular weight is 299 g/mol. The van der Waals surface area contributed by atoms with Crippen molar-refractivity contribution in [2.24, 2.45) is 5.92 Å². The number of carbonyl (C=O) groups is 3. The van der Waals surface area contributed by atoms with E-state index in [2.05, 4.69) is 10.6 Å². The van der Waals surface area contributed by atoms with Gasteiger partial charge in [-0.25, -0.2) is 4.79 Å². The smallest absolute Gasteiger partial charge is 0.321 e. The van der Waals surface area contributed by atoms with E-state index in [0.717, 1.165) is 6.42 Å². The Hall–Kier alpha value is -1.63. The van der Waals surface area contributed by atoms with E-state index in [1.165, 1.54) is 7.11 Å². The Balaban J connectivity index is 2.27. The second-order valence-corrected chi connectivity index (χ2v) is 5.40. The average Bonchev–Trinajstić information content (AvgIpc) is 2.46. The molecule has 7 nitrogen and oxygen atoms in total. The lowest BCUT2D eigenvalue weighted by atomic mass is 9.97. The van der Waals surface area contributed by atoms with Gasteiger partial charge in [0.15, 0.2) is 0 Å². The highest BCUT2D eigenvalue weighted by Gasteiger charge is 2.26. The fraction of sp³-hybridized carbons (Fsp3) is 0.786. The summed E-state index contributed by atoms with van der Waals surface area (Å²) in [6.07, 6.45) is 2.17. The molecule has 3 amide bonds. The number of nitrogens with zero attached hydrogens (tertiary/aromatic N) is 1. The molecule has 0 saturated carbocycles. The normalized spacial score (nSPS) is 17.9. The molecule has 1 fully saturated rings. The van der Waals surface area contributed by atoms with Crippen molar-refractivity contribution in [1.29, 1.82) is 0 Å². The minimum atomic E-state index is -0.459. The van der Waals surface area contributed by atoms with Crippen LogP contribution in [0.3, 0.4) is 0 Å². The summed E-state index contributed by atoms with van der Waals surface area (Å²) < 4.78 is 4.72. The van der Waals surface area contributed by atoms with Crippen LogP contribution in [-0.2, 0) is 14.3 Å². The van der Waals surface area contributed by atoms with Gasteiger partial charge in [0.05, 0.1) is 19.6 Å². The van der Waals surface area contributed by atoms with Gasteiger partial charge in [0.25, 0.3) is 0 Å². The lowest BCUT2D eigenvalue weighted by molar-refractivity contribution is -0.147. The lowest BCUT2D eigenvalue weighted by Gasteiger charge is -2.29. The third-order valence-corrected chi connectivity index (χ3v) is 3.73. The van der Waals surface area contributed by atoms with Crippen LogP contribution in [0.1, 0.15) is 33.1 Å². The van der Waals surface area contributed by atoms with Gasteiger partial charge in [-0.15, -0.1) is 0 Å². The van der Waals surface area contributed by atoms with Gasteiger partial charge >= 0.3 is 12.0 Å². The summed E-state index contributed by atoms with van der Waals surface area (Å²) >= 11 is 0. The van der Waals surface area contributed by atoms with E-state index in [9.17, 15) is 14.4 Å². The molecule has 1 aliphatic heterocycles. The molecule has 0 unspecified atom stereocenters. The van der Waals surface area contributed by atoms with Crippen molar-refractivity contribution < 1.29 is 19.1 Å². The maximum absolute atomic E-state index is 11.8. The Bertz CT molecular complexity index is 378. The quantitative estimate of drug-likeness (QED) is 0.722. The Kier molecular flexibility index (Phi) is 7.14. The van der Waals surface area contributed by atoms with Crippen LogP contribution in [0.4, 0.5) is 4.79 Å². The van der Waals surface area contributed by atoms with Gasteiger partial charge in [-0.05, 0) is 39.3 Å². The highest BCUT2D eigenvalue weighted by molar-refractivity contribution is 5.95. The van der Waals surface area contributed by atoms with Crippen LogP contribution < -0.4 is 10.6 Å². The Morgan fingerprint density at radius 1 is 1.29 bits per heavy atom. The minimum Gasteiger partial charge on any atom is -0.469 e. The first-order valence-corrected chi connectivity index (χ1v) is 7.36. The number of amides is 3. The Morgan fingerprint density at radius 3 is 2.43 bits per heavy atom. The molecular formula is C14H25N3O4. The maximum Gasteiger partial charge on any atom is 0.321 e. The number of likely N-dealkylation sites (tertiary alicyclic amines) is 1. The number of methoxy groups -OCH3 is 1. The van der Waals surface area contributed by atoms with Crippen molar-refractivity contribution in [1.82, 2.24) is 15.5 Å². The van der Waals surface area contributed by atoms with Gasteiger partial charge < -0.3 is 10.1 Å². The first-order valence-electron chi connectivity index (χ1n) is 7.36. The summed E-state index contributed by atoms with van der Waals surface area (Å²) in [6.45, 7) is 5.31. The van der Waals surface area contributed by atoms with E-state index < -0.39 is 6.03 Å². The first-order chi connectivity index (χ1) is 9.96. The van der Waals surface area contributed by atoms with E-state index in [-0.39, 0.29) is 30.4 Å². The van der Waals surface area contributed by atoms with Crippen LogP contribution in [0.25, 0.3) is 0 Å². The number of esters is 1. The second-order valence-electron chi connectivity index (χ2n) is 5.40. The van der Waals surface area contributed by atoms with Gasteiger partial charge in [-0.1, -0.05) is 6.92 Å². The fourth-order valence-electron chi connectivity index (χ4n) is 2.22. The SMILES string of the molecule is CC[C@H](C)NC(=O)NC(=O)CN1CCC(C(=O)OC)CC1. The van der Waals surface area contributed by atoms with Crippen LogP contribution in [0.5, 0.6) is 0 Å². The number of urea groups is 1. The summed E-state index contributed by atoms with van der Waals surface area (Å²) in [4.78, 5) is 36.6. The minimum absolute atomic E-state index is 0.0357. The highest BCUT2D eigenvalue weighted by atomic mass is 16.5. The van der Waals surface area contributed by atoms with E-state index in [4.69, 9.17) is 4.74 Å². The lowest BCUT2D eigenvalue weighted by Crippen LogP contribution is -2.48. The standard InChI is InChI=1S/C14H25N3O4/c1-4-10(2)15-14(20)16-12(18)9-17-7-5-11(6-8-17)13(19)21-3/h10-11H,4-9H2,1-3H3,(H2,15,16,18,20)/t10-/m0/s1. The van der Waals surface area contributed by atoms with Crippen LogP contribution in [0, 0.1) is 5.92 Å². The molecule has 120 valence electrons. The van der Waals surface area contributed by atoms with E-state index in [1.54, 1.807) is 0 Å². The molecule has 0 radical (unpaired) electrons. The predicted octanol–water partition coefficient (Wildman–Crippen LogP) is 0.496. The number of hydrogen-bond acceptors (Lipinski definition) is 5. The number of piperidine rings is 1. The van der Waals surface area contributed by atoms with Crippen LogP contribution in [0.2, 0.25) is 0 Å². The third-order valence-electron chi connectivity index (χ3n) is 3.73. The summed E-state index contributed by atoms with van der Waals surface area (Å²) in [5.74, 6) is -0.595. The monoisotopic (exact) mass is 299 g/mol. The van der Waals surface area contributed by atoms with E-state index in [0.29, 0.717) is 25.9 Å². The summed E-state index contributed by atoms with van der Waals surface area (Å²) in [7, 11) is 1.39. The fourth-order valence-corrected chi connectivity index (χ4v) is 2.22. The Labute approximate surface area is 125 Å². The number of nitrogens with one attached hydrogen (secondary N) is 2. The molecule has 0 spiro atoms. The molecule has 0 aliphatic carbocycles. The molecule has 1 rings (SSSR count). The number of rotatable bonds is 5. The molecular weight excluding hydrogens is 274 g/mol. The van der Waals surface area contributed by atoms with Crippen molar-refractivity contribution in [3.05, 3.63) is 0 Å². The van der Waals surface area contributed by atoms with E-state index in [1.807, 2.05) is 18.7 Å². The molecule has 21 heavy (non-hydrogen) atoms. The molecule has 1 saturated heterocycles. The van der Waals surface area contributed by atoms with Crippen molar-refractivity contribution in [2.75, 3.05) is 26.7 Å². The summed E-state index contributed by atoms with van der Waals surface area (Å²) in [6, 6.07) is -0.424. The van der Waals surface area contributed by atoms with Crippen LogP contribution in [0.15, 0.2) is 0 Å². The highest BCUT2D eigenvalue weighted by Crippen LogP contribution is 2.17. The summed E-state index contributed by atoms with van der Waals surface area (Å²) in [5, 5.41) is 4.99. The van der Waals surface area contributed by atoms with Gasteiger partial charge in [-0.3, -0.25) is 19.8 Å². The zero-order valence-electron chi connectivity index (χ0n) is 13.0. The van der Waals surface area contributed by atoms with Crippen molar-refractivity contribution in [2.45, 2.75) is 39.2 Å². The number of carbonyl (C=O) groups excluding carboxylic acids is 3. The second kappa shape index (κ2) is 8.61. The molecule has 1 heterocycles. The first kappa shape index (κ1) is 17.4. The van der Waals surface area contributed by atoms with Crippen LogP contribution >= 0.6 is 0 Å². The molecule has 0 bridgehead atoms. The van der Waals surface area contributed by atoms with Gasteiger partial charge in [0.1, 0.15) is 0 Å². The van der Waals surface area contributed by atoms with Gasteiger partial charge in [0.2, 0.25) is 5.91 Å². The molecule has 0 aromatic heterocycles. The van der Waals surface area contributed by atoms with Crippen molar-refractivity contribution in [3.63, 3.8) is 0 Å². The zero-order chi connectivity index (χ0) is 15.8. The van der Waals surface area contributed by atoms with Gasteiger partial charge in [0, 0.05) is 6.04 Å². The molecule has 1 atom stereocenters. The maximum atomic E-state index is 11.8. The number of ether oxygens (including phenoxy) is 1. The molecule has 2 N–H and O–H groups in total. The number of hydrogen-bond donors (Lipinski definition) is 2. The Morgan fingerprint density at radius 2 is 1.90 bits per heavy atom. The molecule has 0 aromatic carbocycles. The third kappa shape index (κ3) is 6.12.